The quantitative estimate of drug-likeness (QED) is 0.835. The molecule has 2 atom stereocenters. The molecule has 0 amide bonds. The van der Waals surface area contributed by atoms with Crippen molar-refractivity contribution >= 4 is 0 Å². The Kier molecular flexibility index (Phi) is 4.92. The molecule has 1 aliphatic rings. The lowest BCUT2D eigenvalue weighted by Gasteiger charge is -2.33. The van der Waals surface area contributed by atoms with Crippen LogP contribution < -0.4 is 5.56 Å². The van der Waals surface area contributed by atoms with Crippen LogP contribution in [0.4, 0.5) is 13.2 Å². The lowest BCUT2D eigenvalue weighted by Crippen LogP contribution is -2.42. The predicted octanol–water partition coefficient (Wildman–Crippen LogP) is 3.14. The first-order valence-electron chi connectivity index (χ1n) is 7.50. The number of alkyl halides is 3. The van der Waals surface area contributed by atoms with Gasteiger partial charge in [0, 0.05) is 25.5 Å². The number of hydrogen-bond donors (Lipinski definition) is 0. The van der Waals surface area contributed by atoms with Gasteiger partial charge in [-0.1, -0.05) is 20.8 Å². The van der Waals surface area contributed by atoms with Crippen LogP contribution in [0.15, 0.2) is 17.1 Å². The monoisotopic (exact) mass is 333 g/mol. The Morgan fingerprint density at radius 1 is 1.30 bits per heavy atom. The third kappa shape index (κ3) is 3.77. The summed E-state index contributed by atoms with van der Waals surface area (Å²) in [4.78, 5) is 12.7. The molecular formula is C16H22F3NO3. The molecule has 1 fully saturated rings. The second-order valence-electron chi connectivity index (χ2n) is 6.81. The van der Waals surface area contributed by atoms with Gasteiger partial charge in [0.15, 0.2) is 0 Å². The lowest BCUT2D eigenvalue weighted by molar-refractivity contribution is -0.138. The van der Waals surface area contributed by atoms with E-state index < -0.39 is 28.8 Å². The fourth-order valence-electron chi connectivity index (χ4n) is 2.78. The van der Waals surface area contributed by atoms with E-state index in [1.807, 2.05) is 0 Å². The summed E-state index contributed by atoms with van der Waals surface area (Å²) in [5.41, 5.74) is -1.82. The molecule has 0 N–H and O–H groups in total. The minimum Gasteiger partial charge on any atom is -0.379 e. The van der Waals surface area contributed by atoms with Gasteiger partial charge in [-0.05, 0) is 17.9 Å². The van der Waals surface area contributed by atoms with E-state index in [1.54, 1.807) is 20.8 Å². The second-order valence-corrected chi connectivity index (χ2v) is 6.81. The first-order chi connectivity index (χ1) is 10.6. The van der Waals surface area contributed by atoms with Crippen molar-refractivity contribution in [1.29, 1.82) is 0 Å². The number of methoxy groups -OCH3 is 1. The molecule has 23 heavy (non-hydrogen) atoms. The number of hydrogen-bond acceptors (Lipinski definition) is 3. The van der Waals surface area contributed by atoms with Gasteiger partial charge in [-0.15, -0.1) is 0 Å². The van der Waals surface area contributed by atoms with Crippen LogP contribution in [-0.4, -0.2) is 31.0 Å². The fraction of sp³-hybridized carbons (Fsp3) is 0.688. The maximum Gasteiger partial charge on any atom is 0.417 e. The van der Waals surface area contributed by atoms with Crippen molar-refractivity contribution in [2.75, 3.05) is 20.3 Å². The molecule has 130 valence electrons. The molecule has 1 aliphatic heterocycles. The zero-order valence-electron chi connectivity index (χ0n) is 13.7. The van der Waals surface area contributed by atoms with Crippen LogP contribution in [0, 0.1) is 0 Å². The van der Waals surface area contributed by atoms with Crippen LogP contribution in [0.1, 0.15) is 44.4 Å². The summed E-state index contributed by atoms with van der Waals surface area (Å²) in [6.45, 7) is 5.79. The van der Waals surface area contributed by atoms with E-state index in [-0.39, 0.29) is 18.3 Å². The first-order valence-corrected chi connectivity index (χ1v) is 7.50. The summed E-state index contributed by atoms with van der Waals surface area (Å²) in [5, 5.41) is 0. The molecule has 2 unspecified atom stereocenters. The van der Waals surface area contributed by atoms with Gasteiger partial charge in [-0.3, -0.25) is 4.79 Å². The van der Waals surface area contributed by atoms with E-state index in [9.17, 15) is 18.0 Å². The summed E-state index contributed by atoms with van der Waals surface area (Å²) in [6.07, 6.45) is -3.46. The van der Waals surface area contributed by atoms with Gasteiger partial charge in [-0.2, -0.15) is 13.2 Å². The Bertz CT molecular complexity index is 616. The van der Waals surface area contributed by atoms with Crippen molar-refractivity contribution in [1.82, 2.24) is 4.57 Å². The SMILES string of the molecule is COC1CCOCC1n1cc(C(F)(F)F)cc(C(C)(C)C)c1=O. The van der Waals surface area contributed by atoms with Crippen LogP contribution in [0.3, 0.4) is 0 Å². The van der Waals surface area contributed by atoms with Gasteiger partial charge < -0.3 is 14.0 Å². The highest BCUT2D eigenvalue weighted by molar-refractivity contribution is 5.27. The normalized spacial score (nSPS) is 23.1. The number of halogens is 3. The number of pyridine rings is 1. The van der Waals surface area contributed by atoms with Crippen LogP contribution in [0.2, 0.25) is 0 Å². The van der Waals surface area contributed by atoms with Crippen molar-refractivity contribution in [3.05, 3.63) is 33.7 Å². The third-order valence-corrected chi connectivity index (χ3v) is 4.10. The molecule has 2 rings (SSSR count). The molecule has 0 radical (unpaired) electrons. The summed E-state index contributed by atoms with van der Waals surface area (Å²) < 4.78 is 51.5. The molecule has 1 aromatic rings. The van der Waals surface area contributed by atoms with E-state index in [1.165, 1.54) is 7.11 Å². The maximum absolute atomic E-state index is 13.2. The largest absolute Gasteiger partial charge is 0.417 e. The van der Waals surface area contributed by atoms with Gasteiger partial charge in [0.2, 0.25) is 0 Å². The van der Waals surface area contributed by atoms with E-state index in [0.717, 1.165) is 16.8 Å². The van der Waals surface area contributed by atoms with Crippen LogP contribution in [0.25, 0.3) is 0 Å². The zero-order valence-corrected chi connectivity index (χ0v) is 13.7. The standard InChI is InChI=1S/C16H22F3NO3/c1-15(2,3)11-7-10(16(17,18)19)8-20(14(11)21)12-9-23-6-5-13(12)22-4/h7-8,12-13H,5-6,9H2,1-4H3. The molecule has 0 aromatic carbocycles. The van der Waals surface area contributed by atoms with Gasteiger partial charge in [0.25, 0.3) is 5.56 Å². The Morgan fingerprint density at radius 2 is 1.96 bits per heavy atom. The molecule has 0 aliphatic carbocycles. The van der Waals surface area contributed by atoms with Gasteiger partial charge in [0.1, 0.15) is 0 Å². The summed E-state index contributed by atoms with van der Waals surface area (Å²) in [5.74, 6) is 0. The minimum atomic E-state index is -4.52. The maximum atomic E-state index is 13.2. The molecule has 1 saturated heterocycles. The Balaban J connectivity index is 2.64. The van der Waals surface area contributed by atoms with Crippen LogP contribution in [-0.2, 0) is 21.1 Å². The average molecular weight is 333 g/mol. The number of nitrogens with zero attached hydrogens (tertiary/aromatic N) is 1. The highest BCUT2D eigenvalue weighted by Gasteiger charge is 2.36. The fourth-order valence-corrected chi connectivity index (χ4v) is 2.78. The predicted molar refractivity (Wildman–Crippen MR) is 79.7 cm³/mol. The molecule has 0 saturated carbocycles. The second kappa shape index (κ2) is 6.28. The first kappa shape index (κ1) is 18.0. The van der Waals surface area contributed by atoms with Gasteiger partial charge >= 0.3 is 6.18 Å². The van der Waals surface area contributed by atoms with E-state index in [0.29, 0.717) is 13.0 Å². The van der Waals surface area contributed by atoms with Crippen LogP contribution in [0.5, 0.6) is 0 Å². The highest BCUT2D eigenvalue weighted by Crippen LogP contribution is 2.33. The highest BCUT2D eigenvalue weighted by atomic mass is 19.4. The van der Waals surface area contributed by atoms with Crippen molar-refractivity contribution in [3.63, 3.8) is 0 Å². The lowest BCUT2D eigenvalue weighted by atomic mass is 9.87. The third-order valence-electron chi connectivity index (χ3n) is 4.10. The summed E-state index contributed by atoms with van der Waals surface area (Å²) >= 11 is 0. The molecule has 1 aromatic heterocycles. The number of aromatic nitrogens is 1. The van der Waals surface area contributed by atoms with Crippen LogP contribution >= 0.6 is 0 Å². The summed E-state index contributed by atoms with van der Waals surface area (Å²) in [7, 11) is 1.49. The Hall–Kier alpha value is -1.34. The topological polar surface area (TPSA) is 40.5 Å². The molecule has 0 bridgehead atoms. The smallest absolute Gasteiger partial charge is 0.379 e. The average Bonchev–Trinajstić information content (AvgIpc) is 2.45. The molecular weight excluding hydrogens is 311 g/mol. The van der Waals surface area contributed by atoms with E-state index >= 15 is 0 Å². The minimum absolute atomic E-state index is 0.132. The Labute approximate surface area is 133 Å². The van der Waals surface area contributed by atoms with Crippen molar-refractivity contribution in [3.8, 4) is 0 Å². The Morgan fingerprint density at radius 3 is 2.48 bits per heavy atom. The molecule has 0 spiro atoms. The number of ether oxygens (including phenoxy) is 2. The van der Waals surface area contributed by atoms with Crippen molar-refractivity contribution in [2.45, 2.75) is 50.9 Å². The molecule has 7 heteroatoms. The van der Waals surface area contributed by atoms with Gasteiger partial charge in [-0.25, -0.2) is 0 Å². The summed E-state index contributed by atoms with van der Waals surface area (Å²) in [6, 6.07) is 0.384. The van der Waals surface area contributed by atoms with E-state index in [4.69, 9.17) is 9.47 Å². The van der Waals surface area contributed by atoms with E-state index in [2.05, 4.69) is 0 Å². The van der Waals surface area contributed by atoms with Crippen molar-refractivity contribution in [2.24, 2.45) is 0 Å². The zero-order chi connectivity index (χ0) is 17.4. The number of rotatable bonds is 2. The molecule has 2 heterocycles. The van der Waals surface area contributed by atoms with Crippen molar-refractivity contribution < 1.29 is 22.6 Å². The van der Waals surface area contributed by atoms with Gasteiger partial charge in [0.05, 0.1) is 24.3 Å². The molecule has 4 nitrogen and oxygen atoms in total.